The van der Waals surface area contributed by atoms with E-state index in [1.807, 2.05) is 56.3 Å². The number of nitrogens with zero attached hydrogens (tertiary/aromatic N) is 4. The molecule has 2 aliphatic heterocycles. The van der Waals surface area contributed by atoms with Gasteiger partial charge in [-0.3, -0.25) is 9.59 Å². The van der Waals surface area contributed by atoms with Crippen molar-refractivity contribution < 1.29 is 9.59 Å². The number of nitrogens with one attached hydrogen (secondary N) is 1. The highest BCUT2D eigenvalue weighted by Crippen LogP contribution is 2.52. The molecule has 1 N–H and O–H groups in total. The van der Waals surface area contributed by atoms with Gasteiger partial charge in [0.2, 0.25) is 16.9 Å². The first-order valence-corrected chi connectivity index (χ1v) is 11.0. The van der Waals surface area contributed by atoms with E-state index in [0.29, 0.717) is 17.5 Å². The van der Waals surface area contributed by atoms with Gasteiger partial charge in [-0.05, 0) is 37.6 Å². The van der Waals surface area contributed by atoms with Crippen molar-refractivity contribution in [2.75, 3.05) is 16.8 Å². The topological polar surface area (TPSA) is 80.1 Å². The lowest BCUT2D eigenvalue weighted by molar-refractivity contribution is -0.126. The molecule has 8 heteroatoms. The molecule has 2 aromatic heterocycles. The zero-order chi connectivity index (χ0) is 21.3. The van der Waals surface area contributed by atoms with E-state index < -0.39 is 5.41 Å². The van der Waals surface area contributed by atoms with Crippen LogP contribution in [0.5, 0.6) is 0 Å². The van der Waals surface area contributed by atoms with Crippen LogP contribution in [-0.4, -0.2) is 33.1 Å². The lowest BCUT2D eigenvalue weighted by Crippen LogP contribution is -2.46. The molecule has 0 bridgehead atoms. The van der Waals surface area contributed by atoms with Gasteiger partial charge in [0, 0.05) is 24.2 Å². The molecule has 4 aromatic rings. The number of aromatic nitrogens is 3. The van der Waals surface area contributed by atoms with E-state index in [1.165, 1.54) is 11.3 Å². The van der Waals surface area contributed by atoms with Gasteiger partial charge < -0.3 is 10.2 Å². The molecule has 0 saturated carbocycles. The number of aryl methyl sites for hydroxylation is 1. The number of para-hydroxylation sites is 1. The first-order chi connectivity index (χ1) is 15.0. The van der Waals surface area contributed by atoms with Gasteiger partial charge in [0.25, 0.3) is 0 Å². The molecule has 4 heterocycles. The van der Waals surface area contributed by atoms with E-state index in [0.717, 1.165) is 32.6 Å². The number of thiazole rings is 1. The SMILES string of the molecule is CCN1C(=O)[C@]2(CC(=O)Nc3c2cnn3-c2nc3ccccc3s2)c2cc(C)ccc21. The number of hydrogen-bond acceptors (Lipinski definition) is 5. The largest absolute Gasteiger partial charge is 0.311 e. The van der Waals surface area contributed by atoms with Gasteiger partial charge in [0.1, 0.15) is 11.2 Å². The van der Waals surface area contributed by atoms with Gasteiger partial charge >= 0.3 is 0 Å². The minimum absolute atomic E-state index is 0.0668. The maximum absolute atomic E-state index is 13.8. The van der Waals surface area contributed by atoms with Gasteiger partial charge in [0.05, 0.1) is 16.4 Å². The Morgan fingerprint density at radius 2 is 2.00 bits per heavy atom. The first-order valence-electron chi connectivity index (χ1n) is 10.2. The second-order valence-corrected chi connectivity index (χ2v) is 8.99. The Labute approximate surface area is 182 Å². The van der Waals surface area contributed by atoms with Crippen LogP contribution in [0, 0.1) is 6.92 Å². The molecular formula is C23H19N5O2S. The van der Waals surface area contributed by atoms with Crippen LogP contribution in [0.2, 0.25) is 0 Å². The van der Waals surface area contributed by atoms with Crippen molar-refractivity contribution >= 4 is 44.9 Å². The highest BCUT2D eigenvalue weighted by Gasteiger charge is 2.57. The summed E-state index contributed by atoms with van der Waals surface area (Å²) in [5.74, 6) is 0.249. The van der Waals surface area contributed by atoms with E-state index in [9.17, 15) is 9.59 Å². The van der Waals surface area contributed by atoms with E-state index >= 15 is 0 Å². The molecule has 6 rings (SSSR count). The predicted molar refractivity (Wildman–Crippen MR) is 120 cm³/mol. The van der Waals surface area contributed by atoms with Crippen LogP contribution in [0.4, 0.5) is 11.5 Å². The van der Waals surface area contributed by atoms with Crippen LogP contribution >= 0.6 is 11.3 Å². The lowest BCUT2D eigenvalue weighted by Gasteiger charge is -2.32. The number of fused-ring (bicyclic) bond motifs is 5. The van der Waals surface area contributed by atoms with Crippen LogP contribution in [0.3, 0.4) is 0 Å². The zero-order valence-electron chi connectivity index (χ0n) is 17.0. The van der Waals surface area contributed by atoms with E-state index in [1.54, 1.807) is 15.8 Å². The van der Waals surface area contributed by atoms with Crippen LogP contribution in [0.25, 0.3) is 15.3 Å². The molecule has 0 unspecified atom stereocenters. The van der Waals surface area contributed by atoms with Gasteiger partial charge in [-0.1, -0.05) is 41.2 Å². The Hall–Kier alpha value is -3.52. The predicted octanol–water partition coefficient (Wildman–Crippen LogP) is 3.79. The molecule has 0 aliphatic carbocycles. The van der Waals surface area contributed by atoms with E-state index in [4.69, 9.17) is 0 Å². The average Bonchev–Trinajstić information content (AvgIpc) is 3.42. The maximum Gasteiger partial charge on any atom is 0.242 e. The Balaban J connectivity index is 1.61. The smallest absolute Gasteiger partial charge is 0.242 e. The number of benzene rings is 2. The molecule has 7 nitrogen and oxygen atoms in total. The summed E-state index contributed by atoms with van der Waals surface area (Å²) in [5, 5.41) is 8.19. The summed E-state index contributed by atoms with van der Waals surface area (Å²) >= 11 is 1.50. The number of hydrogen-bond donors (Lipinski definition) is 1. The quantitative estimate of drug-likeness (QED) is 0.526. The highest BCUT2D eigenvalue weighted by atomic mass is 32.1. The molecule has 0 fully saturated rings. The maximum atomic E-state index is 13.8. The first kappa shape index (κ1) is 18.3. The third-order valence-corrected chi connectivity index (χ3v) is 7.22. The number of amides is 2. The fourth-order valence-corrected chi connectivity index (χ4v) is 5.75. The Morgan fingerprint density at radius 1 is 1.16 bits per heavy atom. The van der Waals surface area contributed by atoms with Gasteiger partial charge in [-0.2, -0.15) is 9.78 Å². The van der Waals surface area contributed by atoms with Crippen molar-refractivity contribution in [2.24, 2.45) is 0 Å². The summed E-state index contributed by atoms with van der Waals surface area (Å²) in [6.07, 6.45) is 1.78. The molecular weight excluding hydrogens is 410 g/mol. The van der Waals surface area contributed by atoms with Crippen LogP contribution in [0.15, 0.2) is 48.7 Å². The lowest BCUT2D eigenvalue weighted by atomic mass is 9.71. The fraction of sp³-hybridized carbons (Fsp3) is 0.217. The Bertz CT molecular complexity index is 1370. The molecule has 2 amide bonds. The monoisotopic (exact) mass is 429 g/mol. The molecule has 1 atom stereocenters. The molecule has 2 aliphatic rings. The van der Waals surface area contributed by atoms with E-state index in [2.05, 4.69) is 15.4 Å². The number of anilines is 2. The summed E-state index contributed by atoms with van der Waals surface area (Å²) in [7, 11) is 0. The van der Waals surface area contributed by atoms with Crippen LogP contribution in [0.1, 0.15) is 30.0 Å². The molecule has 0 radical (unpaired) electrons. The van der Waals surface area contributed by atoms with Crippen molar-refractivity contribution in [2.45, 2.75) is 25.7 Å². The van der Waals surface area contributed by atoms with Crippen LogP contribution in [-0.2, 0) is 15.0 Å². The van der Waals surface area contributed by atoms with Gasteiger partial charge in [-0.25, -0.2) is 4.98 Å². The summed E-state index contributed by atoms with van der Waals surface area (Å²) in [6.45, 7) is 4.50. The highest BCUT2D eigenvalue weighted by molar-refractivity contribution is 7.20. The second kappa shape index (κ2) is 6.24. The second-order valence-electron chi connectivity index (χ2n) is 7.98. The van der Waals surface area contributed by atoms with Crippen LogP contribution < -0.4 is 10.2 Å². The summed E-state index contributed by atoms with van der Waals surface area (Å²) < 4.78 is 2.68. The van der Waals surface area contributed by atoms with Crippen molar-refractivity contribution in [3.8, 4) is 5.13 Å². The van der Waals surface area contributed by atoms with Crippen molar-refractivity contribution in [3.05, 3.63) is 65.4 Å². The third kappa shape index (κ3) is 2.33. The summed E-state index contributed by atoms with van der Waals surface area (Å²) in [4.78, 5) is 33.2. The average molecular weight is 430 g/mol. The third-order valence-electron chi connectivity index (χ3n) is 6.21. The van der Waals surface area contributed by atoms with E-state index in [-0.39, 0.29) is 18.2 Å². The Morgan fingerprint density at radius 3 is 2.81 bits per heavy atom. The van der Waals surface area contributed by atoms with Crippen molar-refractivity contribution in [1.82, 2.24) is 14.8 Å². The minimum Gasteiger partial charge on any atom is -0.311 e. The molecule has 1 spiro atoms. The standard InChI is InChI=1S/C23H19N5O2S/c1-3-27-17-9-8-13(2)10-14(17)23(21(27)30)11-19(29)26-20-15(23)12-24-28(20)22-25-16-6-4-5-7-18(16)31-22/h4-10,12H,3,11H2,1-2H3,(H,26,29)/t23-/m1/s1. The number of carbonyl (C=O) groups excluding carboxylic acids is 2. The molecule has 0 saturated heterocycles. The summed E-state index contributed by atoms with van der Waals surface area (Å²) in [5.41, 5.74) is 3.32. The minimum atomic E-state index is -1.07. The number of likely N-dealkylation sites (N-methyl/N-ethyl adjacent to an activating group) is 1. The fourth-order valence-electron chi connectivity index (χ4n) is 4.82. The molecule has 154 valence electrons. The number of carbonyl (C=O) groups is 2. The normalized spacial score (nSPS) is 19.7. The van der Waals surface area contributed by atoms with Gasteiger partial charge in [0.15, 0.2) is 0 Å². The van der Waals surface area contributed by atoms with Crippen molar-refractivity contribution in [3.63, 3.8) is 0 Å². The Kier molecular flexibility index (Phi) is 3.68. The molecule has 31 heavy (non-hydrogen) atoms. The van der Waals surface area contributed by atoms with Gasteiger partial charge in [-0.15, -0.1) is 0 Å². The summed E-state index contributed by atoms with van der Waals surface area (Å²) in [6, 6.07) is 13.9. The zero-order valence-corrected chi connectivity index (χ0v) is 17.9. The molecule has 2 aromatic carbocycles. The number of rotatable bonds is 2. The van der Waals surface area contributed by atoms with Crippen molar-refractivity contribution in [1.29, 1.82) is 0 Å².